The number of imidazole rings is 1. The lowest BCUT2D eigenvalue weighted by Gasteiger charge is -1.96. The van der Waals surface area contributed by atoms with E-state index in [1.165, 1.54) is 11.3 Å². The zero-order chi connectivity index (χ0) is 13.3. The van der Waals surface area contributed by atoms with E-state index >= 15 is 0 Å². The fraction of sp³-hybridized carbons (Fsp3) is 0.333. The third-order valence-electron chi connectivity index (χ3n) is 2.47. The van der Waals surface area contributed by atoms with Crippen LogP contribution in [0.3, 0.4) is 0 Å². The van der Waals surface area contributed by atoms with Gasteiger partial charge in [-0.25, -0.2) is 9.97 Å². The lowest BCUT2D eigenvalue weighted by molar-refractivity contribution is 0.0893. The lowest BCUT2D eigenvalue weighted by atomic mass is 10.1. The molecule has 2 aromatic rings. The molecule has 0 saturated carbocycles. The molecule has 0 aliphatic carbocycles. The molecule has 2 rings (SSSR count). The molecule has 0 radical (unpaired) electrons. The van der Waals surface area contributed by atoms with E-state index in [1.807, 2.05) is 6.92 Å². The zero-order valence-corrected chi connectivity index (χ0v) is 11.2. The molecular formula is C12H13N3O2S. The first kappa shape index (κ1) is 12.6. The first-order valence-electron chi connectivity index (χ1n) is 5.45. The summed E-state index contributed by atoms with van der Waals surface area (Å²) in [6.07, 6.45) is 3.00. The van der Waals surface area contributed by atoms with Gasteiger partial charge in [0.05, 0.1) is 28.3 Å². The highest BCUT2D eigenvalue weighted by atomic mass is 32.1. The minimum atomic E-state index is -0.258. The number of carbonyl (C=O) groups is 2. The maximum Gasteiger partial charge on any atom is 0.190 e. The molecule has 0 fully saturated rings. The zero-order valence-electron chi connectivity index (χ0n) is 10.4. The van der Waals surface area contributed by atoms with E-state index in [4.69, 9.17) is 0 Å². The molecule has 18 heavy (non-hydrogen) atoms. The average molecular weight is 263 g/mol. The molecule has 0 bridgehead atoms. The fourth-order valence-corrected chi connectivity index (χ4v) is 2.52. The maximum atomic E-state index is 12.0. The summed E-state index contributed by atoms with van der Waals surface area (Å²) < 4.78 is 1.68. The Labute approximate surface area is 108 Å². The molecule has 0 atom stereocenters. The van der Waals surface area contributed by atoms with Gasteiger partial charge in [-0.15, -0.1) is 11.3 Å². The van der Waals surface area contributed by atoms with Gasteiger partial charge in [-0.3, -0.25) is 9.59 Å². The number of aromatic nitrogens is 3. The van der Waals surface area contributed by atoms with Crippen molar-refractivity contribution in [2.24, 2.45) is 7.05 Å². The van der Waals surface area contributed by atoms with Gasteiger partial charge < -0.3 is 4.57 Å². The molecule has 0 aliphatic rings. The second-order valence-corrected chi connectivity index (χ2v) is 5.30. The number of aryl methyl sites for hydroxylation is 3. The Hall–Kier alpha value is -1.82. The molecule has 0 amide bonds. The van der Waals surface area contributed by atoms with Gasteiger partial charge >= 0.3 is 0 Å². The van der Waals surface area contributed by atoms with Gasteiger partial charge in [0.2, 0.25) is 0 Å². The third kappa shape index (κ3) is 2.53. The summed E-state index contributed by atoms with van der Waals surface area (Å²) >= 11 is 1.33. The molecule has 2 aromatic heterocycles. The Balaban J connectivity index is 2.13. The van der Waals surface area contributed by atoms with E-state index in [2.05, 4.69) is 9.97 Å². The van der Waals surface area contributed by atoms with E-state index in [9.17, 15) is 9.59 Å². The average Bonchev–Trinajstić information content (AvgIpc) is 2.84. The van der Waals surface area contributed by atoms with Crippen LogP contribution in [0.25, 0.3) is 0 Å². The minimum Gasteiger partial charge on any atom is -0.340 e. The van der Waals surface area contributed by atoms with Crippen molar-refractivity contribution >= 4 is 22.9 Å². The quantitative estimate of drug-likeness (QED) is 0.624. The summed E-state index contributed by atoms with van der Waals surface area (Å²) in [6.45, 7) is 3.62. The predicted octanol–water partition coefficient (Wildman–Crippen LogP) is 1.95. The molecule has 0 saturated heterocycles. The molecule has 0 aromatic carbocycles. The molecular weight excluding hydrogens is 250 g/mol. The summed E-state index contributed by atoms with van der Waals surface area (Å²) in [5.41, 5.74) is 1.01. The first-order chi connectivity index (χ1) is 8.47. The number of hydrogen-bond donors (Lipinski definition) is 0. The number of thiazole rings is 1. The molecule has 2 heterocycles. The van der Waals surface area contributed by atoms with Crippen molar-refractivity contribution in [3.05, 3.63) is 33.8 Å². The summed E-state index contributed by atoms with van der Waals surface area (Å²) in [5.74, 6) is -0.445. The molecule has 0 N–H and O–H groups in total. The van der Waals surface area contributed by atoms with Crippen LogP contribution in [0, 0.1) is 13.8 Å². The van der Waals surface area contributed by atoms with Crippen LogP contribution in [0.5, 0.6) is 0 Å². The van der Waals surface area contributed by atoms with Crippen LogP contribution >= 0.6 is 11.3 Å². The summed E-state index contributed by atoms with van der Waals surface area (Å²) in [5, 5.41) is 0.834. The number of ketones is 2. The van der Waals surface area contributed by atoms with E-state index in [0.717, 1.165) is 5.01 Å². The van der Waals surface area contributed by atoms with Crippen molar-refractivity contribution < 1.29 is 9.59 Å². The number of nitrogens with zero attached hydrogens (tertiary/aromatic N) is 3. The summed E-state index contributed by atoms with van der Waals surface area (Å²) in [6, 6.07) is 0. The second-order valence-electron chi connectivity index (χ2n) is 4.09. The lowest BCUT2D eigenvalue weighted by Crippen LogP contribution is -2.08. The highest BCUT2D eigenvalue weighted by molar-refractivity contribution is 7.13. The van der Waals surface area contributed by atoms with Crippen molar-refractivity contribution in [2.75, 3.05) is 0 Å². The van der Waals surface area contributed by atoms with Crippen molar-refractivity contribution in [1.29, 1.82) is 0 Å². The normalized spacial score (nSPS) is 10.6. The van der Waals surface area contributed by atoms with Gasteiger partial charge in [-0.2, -0.15) is 0 Å². The van der Waals surface area contributed by atoms with Crippen molar-refractivity contribution in [2.45, 2.75) is 20.3 Å². The van der Waals surface area contributed by atoms with E-state index in [-0.39, 0.29) is 18.0 Å². The van der Waals surface area contributed by atoms with Gasteiger partial charge in [0, 0.05) is 13.2 Å². The van der Waals surface area contributed by atoms with Crippen LogP contribution in [-0.4, -0.2) is 26.1 Å². The maximum absolute atomic E-state index is 12.0. The topological polar surface area (TPSA) is 64.8 Å². The molecule has 0 spiro atoms. The highest BCUT2D eigenvalue weighted by Gasteiger charge is 2.19. The van der Waals surface area contributed by atoms with Gasteiger partial charge in [0.1, 0.15) is 5.69 Å². The summed E-state index contributed by atoms with van der Waals surface area (Å²) in [4.78, 5) is 32.5. The number of Topliss-reactive ketones (excluding diaryl/α,β-unsaturated/α-hetero) is 2. The fourth-order valence-electron chi connectivity index (χ4n) is 1.66. The summed E-state index contributed by atoms with van der Waals surface area (Å²) in [7, 11) is 1.78. The van der Waals surface area contributed by atoms with Crippen LogP contribution in [0.4, 0.5) is 0 Å². The monoisotopic (exact) mass is 263 g/mol. The van der Waals surface area contributed by atoms with Crippen LogP contribution < -0.4 is 0 Å². The van der Waals surface area contributed by atoms with Crippen LogP contribution in [0.1, 0.15) is 37.3 Å². The first-order valence-corrected chi connectivity index (χ1v) is 6.27. The Morgan fingerprint density at radius 2 is 2.06 bits per heavy atom. The largest absolute Gasteiger partial charge is 0.340 e. The Bertz CT molecular complexity index is 613. The second kappa shape index (κ2) is 4.81. The molecule has 94 valence electrons. The number of carbonyl (C=O) groups excluding carboxylic acids is 2. The van der Waals surface area contributed by atoms with Crippen molar-refractivity contribution in [1.82, 2.24) is 14.5 Å². The predicted molar refractivity (Wildman–Crippen MR) is 68.1 cm³/mol. The molecule has 0 aliphatic heterocycles. The van der Waals surface area contributed by atoms with Gasteiger partial charge in [-0.05, 0) is 13.8 Å². The van der Waals surface area contributed by atoms with Crippen LogP contribution in [0.2, 0.25) is 0 Å². The van der Waals surface area contributed by atoms with E-state index in [1.54, 1.807) is 31.1 Å². The standard InChI is InChI=1S/C12H13N3O2S/c1-7-12(18-8(2)14-7)11(17)4-10(16)9-5-15(3)6-13-9/h5-6H,4H2,1-3H3. The molecule has 0 unspecified atom stereocenters. The minimum absolute atomic E-state index is 0.153. The number of hydrogen-bond acceptors (Lipinski definition) is 5. The number of rotatable bonds is 4. The Morgan fingerprint density at radius 1 is 1.33 bits per heavy atom. The van der Waals surface area contributed by atoms with Crippen molar-refractivity contribution in [3.8, 4) is 0 Å². The van der Waals surface area contributed by atoms with Crippen LogP contribution in [-0.2, 0) is 7.05 Å². The van der Waals surface area contributed by atoms with Gasteiger partial charge in [-0.1, -0.05) is 0 Å². The molecule has 6 heteroatoms. The van der Waals surface area contributed by atoms with Gasteiger partial charge in [0.15, 0.2) is 11.6 Å². The van der Waals surface area contributed by atoms with Crippen LogP contribution in [0.15, 0.2) is 12.5 Å². The Kier molecular flexibility index (Phi) is 3.38. The highest BCUT2D eigenvalue weighted by Crippen LogP contribution is 2.19. The van der Waals surface area contributed by atoms with E-state index in [0.29, 0.717) is 16.3 Å². The van der Waals surface area contributed by atoms with Gasteiger partial charge in [0.25, 0.3) is 0 Å². The molecule has 5 nitrogen and oxygen atoms in total. The SMILES string of the molecule is Cc1nc(C)c(C(=O)CC(=O)c2cn(C)cn2)s1. The van der Waals surface area contributed by atoms with E-state index < -0.39 is 0 Å². The third-order valence-corrected chi connectivity index (χ3v) is 3.58. The Morgan fingerprint density at radius 3 is 2.56 bits per heavy atom. The van der Waals surface area contributed by atoms with Crippen molar-refractivity contribution in [3.63, 3.8) is 0 Å². The smallest absolute Gasteiger partial charge is 0.190 e.